The molecule has 0 amide bonds. The maximum absolute atomic E-state index is 5.26. The van der Waals surface area contributed by atoms with E-state index in [1.165, 1.54) is 43.5 Å². The van der Waals surface area contributed by atoms with Crippen LogP contribution < -0.4 is 10.4 Å². The minimum atomic E-state index is 0.170. The fraction of sp³-hybridized carbons (Fsp3) is 0.0392. The molecule has 0 bridgehead atoms. The molecule has 2 unspecified atom stereocenters. The molecule has 0 N–H and O–H groups in total. The van der Waals surface area contributed by atoms with Crippen molar-refractivity contribution in [3.05, 3.63) is 222 Å². The molecule has 254 valence electrons. The van der Waals surface area contributed by atoms with Crippen LogP contribution in [0.5, 0.6) is 0 Å². The number of aromatic nitrogens is 3. The minimum absolute atomic E-state index is 0.170. The number of allylic oxidation sites excluding steroid dienone is 4. The van der Waals surface area contributed by atoms with Crippen LogP contribution in [-0.4, -0.2) is 15.0 Å². The largest absolute Gasteiger partial charge is 0.264 e. The average molecular weight is 690 g/mol. The lowest BCUT2D eigenvalue weighted by Gasteiger charge is -2.33. The molecule has 54 heavy (non-hydrogen) atoms. The Balaban J connectivity index is 1.15. The van der Waals surface area contributed by atoms with E-state index in [9.17, 15) is 0 Å². The molecule has 3 heteroatoms. The molecule has 2 atom stereocenters. The van der Waals surface area contributed by atoms with Crippen LogP contribution in [0.25, 0.3) is 66.9 Å². The van der Waals surface area contributed by atoms with Crippen LogP contribution in [0.1, 0.15) is 11.1 Å². The molecule has 2 aromatic heterocycles. The first-order valence-electron chi connectivity index (χ1n) is 18.5. The minimum Gasteiger partial charge on any atom is -0.264 e. The number of benzene rings is 6. The Morgan fingerprint density at radius 2 is 0.944 bits per heavy atom. The van der Waals surface area contributed by atoms with Gasteiger partial charge in [0.25, 0.3) is 0 Å². The average Bonchev–Trinajstić information content (AvgIpc) is 3.26. The summed E-state index contributed by atoms with van der Waals surface area (Å²) in [4.78, 5) is 14.8. The molecule has 0 aliphatic heterocycles. The van der Waals surface area contributed by atoms with Gasteiger partial charge in [0.05, 0.1) is 11.4 Å². The summed E-state index contributed by atoms with van der Waals surface area (Å²) >= 11 is 0. The molecule has 2 aliphatic rings. The molecule has 2 aliphatic carbocycles. The van der Waals surface area contributed by atoms with Gasteiger partial charge in [-0.2, -0.15) is 0 Å². The van der Waals surface area contributed by atoms with Crippen molar-refractivity contribution in [3.8, 4) is 45.0 Å². The second-order valence-electron chi connectivity index (χ2n) is 14.0. The fourth-order valence-electron chi connectivity index (χ4n) is 8.22. The van der Waals surface area contributed by atoms with E-state index in [-0.39, 0.29) is 11.8 Å². The first kappa shape index (κ1) is 31.7. The Morgan fingerprint density at radius 3 is 1.69 bits per heavy atom. The number of hydrogen-bond donors (Lipinski definition) is 0. The van der Waals surface area contributed by atoms with Crippen molar-refractivity contribution in [1.29, 1.82) is 0 Å². The molecule has 0 radical (unpaired) electrons. The highest BCUT2D eigenvalue weighted by Crippen LogP contribution is 2.41. The lowest BCUT2D eigenvalue weighted by Crippen LogP contribution is -2.40. The van der Waals surface area contributed by atoms with Crippen LogP contribution in [0, 0.1) is 11.8 Å². The van der Waals surface area contributed by atoms with E-state index in [1.807, 2.05) is 18.3 Å². The van der Waals surface area contributed by atoms with Crippen LogP contribution in [0.15, 0.2) is 200 Å². The van der Waals surface area contributed by atoms with Gasteiger partial charge in [-0.1, -0.05) is 158 Å². The second-order valence-corrected chi connectivity index (χ2v) is 14.0. The third-order valence-electron chi connectivity index (χ3n) is 10.8. The normalized spacial score (nSPS) is 15.9. The van der Waals surface area contributed by atoms with Crippen molar-refractivity contribution in [2.75, 3.05) is 0 Å². The van der Waals surface area contributed by atoms with Gasteiger partial charge in [-0.05, 0) is 79.4 Å². The van der Waals surface area contributed by atoms with Gasteiger partial charge in [0.1, 0.15) is 0 Å². The first-order valence-corrected chi connectivity index (χ1v) is 18.5. The summed E-state index contributed by atoms with van der Waals surface area (Å²) in [5.74, 6) is 1.06. The predicted octanol–water partition coefficient (Wildman–Crippen LogP) is 10.5. The van der Waals surface area contributed by atoms with E-state index in [0.717, 1.165) is 39.2 Å². The zero-order valence-electron chi connectivity index (χ0n) is 29.5. The topological polar surface area (TPSA) is 38.7 Å². The van der Waals surface area contributed by atoms with Crippen molar-refractivity contribution in [3.63, 3.8) is 0 Å². The molecular formula is C51H35N3. The Kier molecular flexibility index (Phi) is 7.96. The molecule has 0 fully saturated rings. The Morgan fingerprint density at radius 1 is 0.370 bits per heavy atom. The summed E-state index contributed by atoms with van der Waals surface area (Å²) in [5.41, 5.74) is 12.1. The highest BCUT2D eigenvalue weighted by atomic mass is 14.9. The maximum atomic E-state index is 5.26. The third kappa shape index (κ3) is 5.77. The molecule has 0 saturated carbocycles. The van der Waals surface area contributed by atoms with Crippen molar-refractivity contribution in [2.24, 2.45) is 11.8 Å². The molecule has 8 aromatic rings. The summed E-state index contributed by atoms with van der Waals surface area (Å²) in [5, 5.41) is 5.07. The van der Waals surface area contributed by atoms with Gasteiger partial charge >= 0.3 is 0 Å². The van der Waals surface area contributed by atoms with Gasteiger partial charge < -0.3 is 0 Å². The highest BCUT2D eigenvalue weighted by molar-refractivity contribution is 5.89. The quantitative estimate of drug-likeness (QED) is 0.174. The van der Waals surface area contributed by atoms with E-state index in [1.54, 1.807) is 6.20 Å². The summed E-state index contributed by atoms with van der Waals surface area (Å²) < 4.78 is 0. The van der Waals surface area contributed by atoms with E-state index in [4.69, 9.17) is 9.97 Å². The second kappa shape index (κ2) is 13.5. The molecule has 0 spiro atoms. The Bertz CT molecular complexity index is 2890. The number of fused-ring (bicyclic) bond motifs is 3. The van der Waals surface area contributed by atoms with Crippen molar-refractivity contribution in [2.45, 2.75) is 0 Å². The van der Waals surface area contributed by atoms with Crippen molar-refractivity contribution in [1.82, 2.24) is 15.0 Å². The Labute approximate surface area is 314 Å². The number of nitrogens with zero attached hydrogens (tertiary/aromatic N) is 3. The van der Waals surface area contributed by atoms with E-state index < -0.39 is 0 Å². The van der Waals surface area contributed by atoms with Crippen LogP contribution >= 0.6 is 0 Å². The first-order chi connectivity index (χ1) is 26.8. The molecule has 3 nitrogen and oxygen atoms in total. The van der Waals surface area contributed by atoms with Gasteiger partial charge in [-0.25, -0.2) is 9.97 Å². The lowest BCUT2D eigenvalue weighted by molar-refractivity contribution is 0.686. The summed E-state index contributed by atoms with van der Waals surface area (Å²) in [6.45, 7) is 0. The third-order valence-corrected chi connectivity index (χ3v) is 10.8. The number of rotatable bonds is 6. The van der Waals surface area contributed by atoms with Crippen molar-refractivity contribution >= 4 is 21.9 Å². The van der Waals surface area contributed by atoms with Gasteiger partial charge in [0.2, 0.25) is 0 Å². The standard InChI is InChI=1S/C51H35N3/c1-2-14-35(15-3-1)47-32-48(38-18-10-17-37(29-38)42-21-12-28-52-33-42)54-51(53-47)41-20-11-19-39(31-41)49-43-22-6-8-24-45(43)50(46-25-9-7-23-44(46)49)40-27-26-34-13-4-5-16-36(34)30-40/h1-33,43,45H. The molecular weight excluding hydrogens is 655 g/mol. The van der Waals surface area contributed by atoms with E-state index in [2.05, 4.69) is 181 Å². The van der Waals surface area contributed by atoms with E-state index in [0.29, 0.717) is 5.82 Å². The fourth-order valence-corrected chi connectivity index (χ4v) is 8.22. The highest BCUT2D eigenvalue weighted by Gasteiger charge is 2.32. The smallest absolute Gasteiger partial charge is 0.160 e. The summed E-state index contributed by atoms with van der Waals surface area (Å²) in [6.07, 6.45) is 12.9. The molecule has 2 heterocycles. The van der Waals surface area contributed by atoms with Gasteiger partial charge in [0.15, 0.2) is 5.82 Å². The molecule has 6 aromatic carbocycles. The van der Waals surface area contributed by atoms with Crippen LogP contribution in [0.3, 0.4) is 0 Å². The van der Waals surface area contributed by atoms with Crippen LogP contribution in [0.2, 0.25) is 0 Å². The van der Waals surface area contributed by atoms with Crippen LogP contribution in [-0.2, 0) is 0 Å². The number of pyridine rings is 1. The Hall–Kier alpha value is -6.97. The molecule has 0 saturated heterocycles. The lowest BCUT2D eigenvalue weighted by atomic mass is 9.70. The summed E-state index contributed by atoms with van der Waals surface area (Å²) in [6, 6.07) is 58.4. The van der Waals surface area contributed by atoms with Crippen molar-refractivity contribution < 1.29 is 0 Å². The van der Waals surface area contributed by atoms with Gasteiger partial charge in [-0.3, -0.25) is 4.98 Å². The van der Waals surface area contributed by atoms with Gasteiger partial charge in [0, 0.05) is 46.5 Å². The number of hydrogen-bond acceptors (Lipinski definition) is 3. The SMILES string of the molecule is C1=CC2C(c3cccc(-c4nc(-c5ccccc5)cc(-c5cccc(-c6cccnc6)c5)n4)c3)=c3ccccc3=C(c3ccc4ccccc4c3)C2C=C1. The maximum Gasteiger partial charge on any atom is 0.160 e. The zero-order chi connectivity index (χ0) is 35.8. The molecule has 10 rings (SSSR count). The van der Waals surface area contributed by atoms with E-state index >= 15 is 0 Å². The van der Waals surface area contributed by atoms with Gasteiger partial charge in [-0.15, -0.1) is 0 Å². The van der Waals surface area contributed by atoms with Crippen LogP contribution in [0.4, 0.5) is 0 Å². The monoisotopic (exact) mass is 689 g/mol. The zero-order valence-corrected chi connectivity index (χ0v) is 29.5. The predicted molar refractivity (Wildman–Crippen MR) is 221 cm³/mol. The summed E-state index contributed by atoms with van der Waals surface area (Å²) in [7, 11) is 0.